The van der Waals surface area contributed by atoms with Crippen molar-refractivity contribution in [1.29, 1.82) is 0 Å². The van der Waals surface area contributed by atoms with E-state index in [1.807, 2.05) is 16.3 Å². The Labute approximate surface area is 158 Å². The molecule has 2 saturated heterocycles. The molecule has 0 unspecified atom stereocenters. The maximum atomic E-state index is 13.1. The van der Waals surface area contributed by atoms with Gasteiger partial charge in [-0.25, -0.2) is 8.42 Å². The average Bonchev–Trinajstić information content (AvgIpc) is 3.43. The SMILES string of the molecule is O=C(c1cccc(S(=O)(=O)N2CCCC2)c1)N1CCC[C@@H]1c1cccs1. The van der Waals surface area contributed by atoms with E-state index in [4.69, 9.17) is 0 Å². The first kappa shape index (κ1) is 17.7. The van der Waals surface area contributed by atoms with Crippen LogP contribution in [0.25, 0.3) is 0 Å². The normalized spacial score (nSPS) is 21.4. The molecule has 4 rings (SSSR count). The van der Waals surface area contributed by atoms with Crippen molar-refractivity contribution < 1.29 is 13.2 Å². The number of hydrogen-bond donors (Lipinski definition) is 0. The van der Waals surface area contributed by atoms with Crippen molar-refractivity contribution in [1.82, 2.24) is 9.21 Å². The number of benzene rings is 1. The van der Waals surface area contributed by atoms with Gasteiger partial charge in [-0.15, -0.1) is 11.3 Å². The Morgan fingerprint density at radius 1 is 1.04 bits per heavy atom. The molecule has 2 fully saturated rings. The lowest BCUT2D eigenvalue weighted by Crippen LogP contribution is -2.31. The quantitative estimate of drug-likeness (QED) is 0.803. The molecule has 1 amide bonds. The molecule has 2 aliphatic heterocycles. The average molecular weight is 391 g/mol. The highest BCUT2D eigenvalue weighted by molar-refractivity contribution is 7.89. The molecule has 5 nitrogen and oxygen atoms in total. The molecular formula is C19H22N2O3S2. The lowest BCUT2D eigenvalue weighted by atomic mass is 10.1. The van der Waals surface area contributed by atoms with Gasteiger partial charge in [-0.05, 0) is 55.3 Å². The van der Waals surface area contributed by atoms with Crippen molar-refractivity contribution in [3.63, 3.8) is 0 Å². The number of likely N-dealkylation sites (tertiary alicyclic amines) is 1. The lowest BCUT2D eigenvalue weighted by Gasteiger charge is -2.24. The second kappa shape index (κ2) is 7.13. The van der Waals surface area contributed by atoms with Gasteiger partial charge in [0, 0.05) is 30.1 Å². The van der Waals surface area contributed by atoms with E-state index < -0.39 is 10.0 Å². The summed E-state index contributed by atoms with van der Waals surface area (Å²) >= 11 is 1.66. The standard InChI is InChI=1S/C19H22N2O3S2/c22-19(21-12-4-8-17(21)18-9-5-13-25-18)15-6-3-7-16(14-15)26(23,24)20-10-1-2-11-20/h3,5-7,9,13-14,17H,1-2,4,8,10-12H2/t17-/m1/s1. The first-order chi connectivity index (χ1) is 12.6. The second-order valence-electron chi connectivity index (χ2n) is 6.81. The third-order valence-electron chi connectivity index (χ3n) is 5.17. The number of amides is 1. The zero-order valence-corrected chi connectivity index (χ0v) is 16.1. The van der Waals surface area contributed by atoms with Crippen LogP contribution in [-0.4, -0.2) is 43.2 Å². The van der Waals surface area contributed by atoms with E-state index in [1.165, 1.54) is 9.18 Å². The molecular weight excluding hydrogens is 368 g/mol. The van der Waals surface area contributed by atoms with Crippen molar-refractivity contribution in [2.45, 2.75) is 36.6 Å². The molecule has 0 bridgehead atoms. The summed E-state index contributed by atoms with van der Waals surface area (Å²) in [7, 11) is -3.51. The van der Waals surface area contributed by atoms with Gasteiger partial charge in [0.15, 0.2) is 0 Å². The van der Waals surface area contributed by atoms with Crippen LogP contribution in [0, 0.1) is 0 Å². The van der Waals surface area contributed by atoms with Gasteiger partial charge < -0.3 is 4.90 Å². The predicted molar refractivity (Wildman–Crippen MR) is 102 cm³/mol. The molecule has 2 aliphatic rings. The van der Waals surface area contributed by atoms with Gasteiger partial charge in [-0.2, -0.15) is 4.31 Å². The van der Waals surface area contributed by atoms with Crippen LogP contribution in [0.2, 0.25) is 0 Å². The number of carbonyl (C=O) groups excluding carboxylic acids is 1. The van der Waals surface area contributed by atoms with Gasteiger partial charge in [-0.3, -0.25) is 4.79 Å². The molecule has 3 heterocycles. The molecule has 7 heteroatoms. The molecule has 0 radical (unpaired) electrons. The van der Waals surface area contributed by atoms with E-state index in [0.29, 0.717) is 25.2 Å². The molecule has 138 valence electrons. The third kappa shape index (κ3) is 3.19. The van der Waals surface area contributed by atoms with Crippen LogP contribution in [0.3, 0.4) is 0 Å². The van der Waals surface area contributed by atoms with Gasteiger partial charge in [0.2, 0.25) is 10.0 Å². The maximum absolute atomic E-state index is 13.1. The van der Waals surface area contributed by atoms with E-state index in [2.05, 4.69) is 6.07 Å². The Balaban J connectivity index is 1.61. The Bertz CT molecular complexity index is 887. The van der Waals surface area contributed by atoms with Crippen LogP contribution in [0.4, 0.5) is 0 Å². The van der Waals surface area contributed by atoms with Crippen molar-refractivity contribution in [2.24, 2.45) is 0 Å². The Morgan fingerprint density at radius 2 is 1.85 bits per heavy atom. The fourth-order valence-electron chi connectivity index (χ4n) is 3.82. The molecule has 0 spiro atoms. The van der Waals surface area contributed by atoms with Gasteiger partial charge in [-0.1, -0.05) is 12.1 Å². The zero-order chi connectivity index (χ0) is 18.1. The molecule has 1 aromatic heterocycles. The lowest BCUT2D eigenvalue weighted by molar-refractivity contribution is 0.0737. The highest BCUT2D eigenvalue weighted by Gasteiger charge is 2.32. The smallest absolute Gasteiger partial charge is 0.254 e. The number of hydrogen-bond acceptors (Lipinski definition) is 4. The summed E-state index contributed by atoms with van der Waals surface area (Å²) in [4.78, 5) is 16.4. The van der Waals surface area contributed by atoms with Gasteiger partial charge in [0.05, 0.1) is 10.9 Å². The van der Waals surface area contributed by atoms with Crippen LogP contribution in [0.1, 0.15) is 47.0 Å². The number of nitrogens with zero attached hydrogens (tertiary/aromatic N) is 2. The van der Waals surface area contributed by atoms with Gasteiger partial charge in [0.25, 0.3) is 5.91 Å². The number of rotatable bonds is 4. The number of thiophene rings is 1. The van der Waals surface area contributed by atoms with Crippen molar-refractivity contribution >= 4 is 27.3 Å². The minimum Gasteiger partial charge on any atom is -0.331 e. The van der Waals surface area contributed by atoms with Crippen LogP contribution in [-0.2, 0) is 10.0 Å². The molecule has 26 heavy (non-hydrogen) atoms. The van der Waals surface area contributed by atoms with Gasteiger partial charge in [0.1, 0.15) is 0 Å². The van der Waals surface area contributed by atoms with Crippen LogP contribution in [0.5, 0.6) is 0 Å². The fourth-order valence-corrected chi connectivity index (χ4v) is 6.26. The Morgan fingerprint density at radius 3 is 2.58 bits per heavy atom. The summed E-state index contributed by atoms with van der Waals surface area (Å²) in [5.41, 5.74) is 0.453. The molecule has 0 saturated carbocycles. The van der Waals surface area contributed by atoms with Crippen LogP contribution >= 0.6 is 11.3 Å². The van der Waals surface area contributed by atoms with Crippen molar-refractivity contribution in [3.05, 3.63) is 52.2 Å². The molecule has 0 aliphatic carbocycles. The molecule has 1 aromatic carbocycles. The van der Waals surface area contributed by atoms with E-state index in [-0.39, 0.29) is 16.8 Å². The van der Waals surface area contributed by atoms with E-state index >= 15 is 0 Å². The van der Waals surface area contributed by atoms with Crippen molar-refractivity contribution in [3.8, 4) is 0 Å². The molecule has 1 atom stereocenters. The third-order valence-corrected chi connectivity index (χ3v) is 8.04. The number of carbonyl (C=O) groups is 1. The van der Waals surface area contributed by atoms with E-state index in [1.54, 1.807) is 35.6 Å². The highest BCUT2D eigenvalue weighted by atomic mass is 32.2. The maximum Gasteiger partial charge on any atom is 0.254 e. The van der Waals surface area contributed by atoms with Crippen LogP contribution < -0.4 is 0 Å². The van der Waals surface area contributed by atoms with Crippen LogP contribution in [0.15, 0.2) is 46.7 Å². The van der Waals surface area contributed by atoms with Crippen molar-refractivity contribution in [2.75, 3.05) is 19.6 Å². The van der Waals surface area contributed by atoms with Gasteiger partial charge >= 0.3 is 0 Å². The second-order valence-corrected chi connectivity index (χ2v) is 9.73. The Kier molecular flexibility index (Phi) is 4.86. The topological polar surface area (TPSA) is 57.7 Å². The van der Waals surface area contributed by atoms with E-state index in [0.717, 1.165) is 25.7 Å². The Hall–Kier alpha value is -1.70. The minimum atomic E-state index is -3.51. The predicted octanol–water partition coefficient (Wildman–Crippen LogP) is 3.51. The number of sulfonamides is 1. The van der Waals surface area contributed by atoms with E-state index in [9.17, 15) is 13.2 Å². The first-order valence-corrected chi connectivity index (χ1v) is 11.3. The summed E-state index contributed by atoms with van der Waals surface area (Å²) in [5, 5.41) is 2.03. The summed E-state index contributed by atoms with van der Waals surface area (Å²) in [6.07, 6.45) is 3.72. The summed E-state index contributed by atoms with van der Waals surface area (Å²) < 4.78 is 27.1. The minimum absolute atomic E-state index is 0.0839. The summed E-state index contributed by atoms with van der Waals surface area (Å²) in [6, 6.07) is 10.7. The molecule has 0 N–H and O–H groups in total. The first-order valence-electron chi connectivity index (χ1n) is 9.02. The largest absolute Gasteiger partial charge is 0.331 e. The zero-order valence-electron chi connectivity index (χ0n) is 14.5. The summed E-state index contributed by atoms with van der Waals surface area (Å²) in [6.45, 7) is 1.84. The fraction of sp³-hybridized carbons (Fsp3) is 0.421. The summed E-state index contributed by atoms with van der Waals surface area (Å²) in [5.74, 6) is -0.0839. The molecule has 2 aromatic rings. The highest BCUT2D eigenvalue weighted by Crippen LogP contribution is 2.35. The monoisotopic (exact) mass is 390 g/mol.